The van der Waals surface area contributed by atoms with Gasteiger partial charge in [0.15, 0.2) is 11.5 Å². The first-order valence-corrected chi connectivity index (χ1v) is 10.7. The number of nitrogens with one attached hydrogen (secondary N) is 1. The molecule has 172 valence electrons. The lowest BCUT2D eigenvalue weighted by molar-refractivity contribution is 0.190. The van der Waals surface area contributed by atoms with Gasteiger partial charge in [-0.3, -0.25) is 4.90 Å². The smallest absolute Gasteiger partial charge is 0.164 e. The molecular weight excluding hydrogens is 431 g/mol. The number of benzene rings is 2. The molecule has 4 nitrogen and oxygen atoms in total. The SMILES string of the molecule is C=CCc1cc(CNC2CCN(Cc3ccccc3)CC2)cc(OC)c1OCC.Cl.Cl. The van der Waals surface area contributed by atoms with Gasteiger partial charge in [0.2, 0.25) is 0 Å². The minimum atomic E-state index is 0. The van der Waals surface area contributed by atoms with E-state index in [1.807, 2.05) is 13.0 Å². The van der Waals surface area contributed by atoms with Crippen molar-refractivity contribution < 1.29 is 9.47 Å². The topological polar surface area (TPSA) is 33.7 Å². The number of allylic oxidation sites excluding steroid dienone is 1. The second-order valence-corrected chi connectivity index (χ2v) is 7.63. The zero-order valence-corrected chi connectivity index (χ0v) is 20.3. The van der Waals surface area contributed by atoms with E-state index in [2.05, 4.69) is 59.3 Å². The van der Waals surface area contributed by atoms with Gasteiger partial charge in [-0.2, -0.15) is 0 Å². The number of ether oxygens (including phenoxy) is 2. The van der Waals surface area contributed by atoms with Crippen LogP contribution < -0.4 is 14.8 Å². The zero-order valence-electron chi connectivity index (χ0n) is 18.6. The van der Waals surface area contributed by atoms with Crippen molar-refractivity contribution in [1.29, 1.82) is 0 Å². The lowest BCUT2D eigenvalue weighted by Gasteiger charge is -2.32. The third kappa shape index (κ3) is 8.04. The molecule has 31 heavy (non-hydrogen) atoms. The van der Waals surface area contributed by atoms with Crippen LogP contribution in [0, 0.1) is 0 Å². The maximum Gasteiger partial charge on any atom is 0.164 e. The molecule has 1 heterocycles. The summed E-state index contributed by atoms with van der Waals surface area (Å²) in [7, 11) is 1.70. The van der Waals surface area contributed by atoms with Crippen molar-refractivity contribution in [2.75, 3.05) is 26.8 Å². The molecule has 6 heteroatoms. The molecule has 0 aliphatic carbocycles. The Morgan fingerprint density at radius 2 is 1.81 bits per heavy atom. The average Bonchev–Trinajstić information content (AvgIpc) is 2.75. The van der Waals surface area contributed by atoms with Gasteiger partial charge in [0, 0.05) is 24.7 Å². The van der Waals surface area contributed by atoms with Crippen LogP contribution >= 0.6 is 24.8 Å². The van der Waals surface area contributed by atoms with Gasteiger partial charge in [0.1, 0.15) is 0 Å². The molecule has 0 spiro atoms. The van der Waals surface area contributed by atoms with Crippen LogP contribution in [0.3, 0.4) is 0 Å². The normalized spacial score (nSPS) is 14.3. The first kappa shape index (κ1) is 27.3. The second-order valence-electron chi connectivity index (χ2n) is 7.63. The van der Waals surface area contributed by atoms with Crippen molar-refractivity contribution in [1.82, 2.24) is 10.2 Å². The quantitative estimate of drug-likeness (QED) is 0.473. The van der Waals surface area contributed by atoms with E-state index in [1.165, 1.54) is 24.0 Å². The Labute approximate surface area is 199 Å². The number of piperidine rings is 1. The average molecular weight is 467 g/mol. The predicted octanol–water partition coefficient (Wildman–Crippen LogP) is 5.42. The van der Waals surface area contributed by atoms with Crippen molar-refractivity contribution in [3.63, 3.8) is 0 Å². The highest BCUT2D eigenvalue weighted by atomic mass is 35.5. The van der Waals surface area contributed by atoms with E-state index in [9.17, 15) is 0 Å². The third-order valence-electron chi connectivity index (χ3n) is 5.50. The fraction of sp³-hybridized carbons (Fsp3) is 0.440. The Kier molecular flexibility index (Phi) is 12.7. The van der Waals surface area contributed by atoms with Crippen molar-refractivity contribution >= 4 is 24.8 Å². The molecule has 0 saturated carbocycles. The number of hydrogen-bond donors (Lipinski definition) is 1. The van der Waals surface area contributed by atoms with Crippen molar-refractivity contribution in [2.45, 2.75) is 45.3 Å². The number of halogens is 2. The van der Waals surface area contributed by atoms with E-state index in [4.69, 9.17) is 9.47 Å². The van der Waals surface area contributed by atoms with Gasteiger partial charge in [-0.25, -0.2) is 0 Å². The predicted molar refractivity (Wildman–Crippen MR) is 134 cm³/mol. The molecule has 1 aliphatic heterocycles. The molecule has 2 aromatic carbocycles. The molecule has 0 radical (unpaired) electrons. The van der Waals surface area contributed by atoms with Gasteiger partial charge in [-0.05, 0) is 56.5 Å². The maximum atomic E-state index is 5.82. The minimum Gasteiger partial charge on any atom is -0.493 e. The summed E-state index contributed by atoms with van der Waals surface area (Å²) in [6, 6.07) is 15.6. The molecule has 3 rings (SSSR count). The molecule has 0 atom stereocenters. The summed E-state index contributed by atoms with van der Waals surface area (Å²) < 4.78 is 11.4. The maximum absolute atomic E-state index is 5.82. The lowest BCUT2D eigenvalue weighted by Crippen LogP contribution is -2.41. The second kappa shape index (κ2) is 14.4. The van der Waals surface area contributed by atoms with E-state index in [0.717, 1.165) is 49.7 Å². The molecular formula is C25H36Cl2N2O2. The highest BCUT2D eigenvalue weighted by Crippen LogP contribution is 2.33. The standard InChI is InChI=1S/C25H34N2O2.2ClH/c1-4-9-22-16-21(17-24(28-3)25(22)29-5-2)18-26-23-12-14-27(15-13-23)19-20-10-7-6-8-11-20;;/h4,6-8,10-11,16-17,23,26H,1,5,9,12-15,18-19H2,2-3H3;2*1H. The fourth-order valence-corrected chi connectivity index (χ4v) is 3.99. The zero-order chi connectivity index (χ0) is 20.5. The summed E-state index contributed by atoms with van der Waals surface area (Å²) in [4.78, 5) is 2.55. The van der Waals surface area contributed by atoms with Gasteiger partial charge in [-0.15, -0.1) is 31.4 Å². The summed E-state index contributed by atoms with van der Waals surface area (Å²) in [5, 5.41) is 3.75. The number of hydrogen-bond acceptors (Lipinski definition) is 4. The molecule has 1 saturated heterocycles. The van der Waals surface area contributed by atoms with Gasteiger partial charge in [0.25, 0.3) is 0 Å². The Bertz CT molecular complexity index is 779. The van der Waals surface area contributed by atoms with Crippen LogP contribution in [0.15, 0.2) is 55.1 Å². The Morgan fingerprint density at radius 3 is 2.42 bits per heavy atom. The van der Waals surface area contributed by atoms with E-state index in [-0.39, 0.29) is 24.8 Å². The summed E-state index contributed by atoms with van der Waals surface area (Å²) in [5.74, 6) is 1.65. The van der Waals surface area contributed by atoms with Crippen LogP contribution in [-0.2, 0) is 19.5 Å². The monoisotopic (exact) mass is 466 g/mol. The van der Waals surface area contributed by atoms with Crippen molar-refractivity contribution in [3.8, 4) is 11.5 Å². The van der Waals surface area contributed by atoms with E-state index in [1.54, 1.807) is 7.11 Å². The van der Waals surface area contributed by atoms with E-state index >= 15 is 0 Å². The van der Waals surface area contributed by atoms with E-state index < -0.39 is 0 Å². The van der Waals surface area contributed by atoms with Gasteiger partial charge < -0.3 is 14.8 Å². The molecule has 1 aliphatic rings. The minimum absolute atomic E-state index is 0. The van der Waals surface area contributed by atoms with Crippen LogP contribution in [0.1, 0.15) is 36.5 Å². The highest BCUT2D eigenvalue weighted by molar-refractivity contribution is 5.85. The summed E-state index contributed by atoms with van der Waals surface area (Å²) >= 11 is 0. The number of nitrogens with zero attached hydrogens (tertiary/aromatic N) is 1. The lowest BCUT2D eigenvalue weighted by atomic mass is 10.0. The van der Waals surface area contributed by atoms with Crippen molar-refractivity contribution in [2.24, 2.45) is 0 Å². The number of rotatable bonds is 10. The van der Waals surface area contributed by atoms with Crippen LogP contribution in [-0.4, -0.2) is 37.7 Å². The number of methoxy groups -OCH3 is 1. The fourth-order valence-electron chi connectivity index (χ4n) is 3.99. The third-order valence-corrected chi connectivity index (χ3v) is 5.50. The molecule has 0 unspecified atom stereocenters. The summed E-state index contributed by atoms with van der Waals surface area (Å²) in [6.07, 6.45) is 5.05. The highest BCUT2D eigenvalue weighted by Gasteiger charge is 2.19. The Hall–Kier alpha value is -1.72. The van der Waals surface area contributed by atoms with Crippen LogP contribution in [0.4, 0.5) is 0 Å². The molecule has 1 fully saturated rings. The summed E-state index contributed by atoms with van der Waals surface area (Å²) in [5.41, 5.74) is 3.76. The van der Waals surface area contributed by atoms with Crippen LogP contribution in [0.5, 0.6) is 11.5 Å². The van der Waals surface area contributed by atoms with E-state index in [0.29, 0.717) is 12.6 Å². The largest absolute Gasteiger partial charge is 0.493 e. The first-order valence-electron chi connectivity index (χ1n) is 10.7. The van der Waals surface area contributed by atoms with Gasteiger partial charge in [-0.1, -0.05) is 42.5 Å². The molecule has 0 amide bonds. The Balaban J connectivity index is 0.00000240. The van der Waals surface area contributed by atoms with Crippen LogP contribution in [0.2, 0.25) is 0 Å². The Morgan fingerprint density at radius 1 is 1.10 bits per heavy atom. The first-order chi connectivity index (χ1) is 14.2. The molecule has 2 aromatic rings. The van der Waals surface area contributed by atoms with Crippen LogP contribution in [0.25, 0.3) is 0 Å². The van der Waals surface area contributed by atoms with Gasteiger partial charge in [0.05, 0.1) is 13.7 Å². The van der Waals surface area contributed by atoms with Crippen molar-refractivity contribution in [3.05, 3.63) is 71.8 Å². The summed E-state index contributed by atoms with van der Waals surface area (Å²) in [6.45, 7) is 10.7. The number of likely N-dealkylation sites (tertiary alicyclic amines) is 1. The van der Waals surface area contributed by atoms with Gasteiger partial charge >= 0.3 is 0 Å². The molecule has 1 N–H and O–H groups in total. The molecule has 0 bridgehead atoms. The molecule has 0 aromatic heterocycles.